The highest BCUT2D eigenvalue weighted by atomic mass is 35.5. The number of alkyl halides is 1. The maximum atomic E-state index is 12.5. The van der Waals surface area contributed by atoms with Crippen LogP contribution in [0, 0.1) is 19.8 Å². The third-order valence-corrected chi connectivity index (χ3v) is 4.72. The van der Waals surface area contributed by atoms with Gasteiger partial charge in [-0.05, 0) is 51.5 Å². The predicted molar refractivity (Wildman–Crippen MR) is 80.1 cm³/mol. The number of aryl methyl sites for hydroxylation is 2. The molecule has 0 aliphatic heterocycles. The van der Waals surface area contributed by atoms with Crippen LogP contribution >= 0.6 is 11.6 Å². The molecule has 0 aromatic carbocycles. The Balaban J connectivity index is 2.15. The van der Waals surface area contributed by atoms with E-state index in [1.807, 2.05) is 6.92 Å². The number of halogens is 1. The Morgan fingerprint density at radius 2 is 2.05 bits per heavy atom. The smallest absolute Gasteiger partial charge is 0.253 e. The molecule has 1 aromatic heterocycles. The minimum Gasteiger partial charge on any atom is -0.345 e. The summed E-state index contributed by atoms with van der Waals surface area (Å²) in [6, 6.07) is 1.78. The molecule has 1 N–H and O–H groups in total. The van der Waals surface area contributed by atoms with E-state index >= 15 is 0 Å². The number of rotatable bonds is 3. The highest BCUT2D eigenvalue weighted by Crippen LogP contribution is 2.33. The van der Waals surface area contributed by atoms with Crippen molar-refractivity contribution in [3.63, 3.8) is 0 Å². The lowest BCUT2D eigenvalue weighted by Crippen LogP contribution is -2.52. The topological polar surface area (TPSA) is 54.9 Å². The van der Waals surface area contributed by atoms with Gasteiger partial charge in [-0.1, -0.05) is 6.92 Å². The van der Waals surface area contributed by atoms with Crippen molar-refractivity contribution in [2.24, 2.45) is 5.92 Å². The predicted octanol–water partition coefficient (Wildman–Crippen LogP) is 3.01. The molecule has 4 nitrogen and oxygen atoms in total. The van der Waals surface area contributed by atoms with Crippen LogP contribution in [0.15, 0.2) is 6.07 Å². The van der Waals surface area contributed by atoms with Crippen LogP contribution in [0.5, 0.6) is 0 Å². The van der Waals surface area contributed by atoms with E-state index in [9.17, 15) is 4.79 Å². The normalized spacial score (nSPS) is 26.3. The first kappa shape index (κ1) is 15.2. The largest absolute Gasteiger partial charge is 0.345 e. The summed E-state index contributed by atoms with van der Waals surface area (Å²) in [7, 11) is 0. The van der Waals surface area contributed by atoms with Gasteiger partial charge in [-0.15, -0.1) is 11.6 Å². The monoisotopic (exact) mass is 295 g/mol. The molecule has 1 saturated carbocycles. The molecular weight excluding hydrogens is 274 g/mol. The van der Waals surface area contributed by atoms with Crippen LogP contribution in [0.3, 0.4) is 0 Å². The van der Waals surface area contributed by atoms with Gasteiger partial charge in [0.25, 0.3) is 5.91 Å². The van der Waals surface area contributed by atoms with Crippen LogP contribution in [0.4, 0.5) is 0 Å². The summed E-state index contributed by atoms with van der Waals surface area (Å²) in [5.41, 5.74) is 1.73. The molecule has 1 fully saturated rings. The van der Waals surface area contributed by atoms with Crippen LogP contribution in [-0.4, -0.2) is 27.5 Å². The Labute approximate surface area is 125 Å². The second-order valence-corrected chi connectivity index (χ2v) is 6.30. The summed E-state index contributed by atoms with van der Waals surface area (Å²) in [5.74, 6) is 1.09. The number of amides is 1. The number of hydrogen-bond acceptors (Lipinski definition) is 3. The van der Waals surface area contributed by atoms with Crippen molar-refractivity contribution in [2.75, 3.05) is 5.88 Å². The zero-order chi connectivity index (χ0) is 14.8. The second-order valence-electron chi connectivity index (χ2n) is 6.04. The fourth-order valence-corrected chi connectivity index (χ4v) is 3.03. The van der Waals surface area contributed by atoms with Gasteiger partial charge >= 0.3 is 0 Å². The number of hydrogen-bond donors (Lipinski definition) is 1. The molecule has 0 unspecified atom stereocenters. The quantitative estimate of drug-likeness (QED) is 0.872. The molecule has 0 radical (unpaired) electrons. The zero-order valence-corrected chi connectivity index (χ0v) is 13.1. The van der Waals surface area contributed by atoms with Gasteiger partial charge in [0, 0.05) is 5.88 Å². The molecule has 0 saturated heterocycles. The maximum absolute atomic E-state index is 12.5. The summed E-state index contributed by atoms with van der Waals surface area (Å²) >= 11 is 6.14. The van der Waals surface area contributed by atoms with Crippen LogP contribution in [0.1, 0.15) is 54.4 Å². The van der Waals surface area contributed by atoms with Gasteiger partial charge < -0.3 is 5.32 Å². The van der Waals surface area contributed by atoms with Crippen LogP contribution < -0.4 is 5.32 Å². The third kappa shape index (κ3) is 3.29. The molecule has 1 amide bonds. The number of nitrogens with zero attached hydrogens (tertiary/aromatic N) is 2. The van der Waals surface area contributed by atoms with Crippen molar-refractivity contribution in [1.29, 1.82) is 0 Å². The molecule has 110 valence electrons. The fraction of sp³-hybridized carbons (Fsp3) is 0.667. The zero-order valence-electron chi connectivity index (χ0n) is 12.4. The van der Waals surface area contributed by atoms with Gasteiger partial charge in [0.15, 0.2) is 0 Å². The molecule has 0 spiro atoms. The summed E-state index contributed by atoms with van der Waals surface area (Å²) in [4.78, 5) is 12.5. The Morgan fingerprint density at radius 1 is 1.40 bits per heavy atom. The van der Waals surface area contributed by atoms with Crippen LogP contribution in [-0.2, 0) is 0 Å². The molecule has 20 heavy (non-hydrogen) atoms. The molecule has 1 aliphatic carbocycles. The van der Waals surface area contributed by atoms with E-state index in [2.05, 4.69) is 22.4 Å². The Bertz CT molecular complexity index is 496. The molecular formula is C15H22ClN3O. The number of aromatic nitrogens is 2. The average Bonchev–Trinajstić information content (AvgIpc) is 2.44. The van der Waals surface area contributed by atoms with Crippen molar-refractivity contribution in [3.05, 3.63) is 23.0 Å². The number of carbonyl (C=O) groups is 1. The first-order valence-electron chi connectivity index (χ1n) is 7.15. The van der Waals surface area contributed by atoms with E-state index in [1.165, 1.54) is 0 Å². The lowest BCUT2D eigenvalue weighted by atomic mass is 9.78. The third-order valence-electron chi connectivity index (χ3n) is 4.21. The lowest BCUT2D eigenvalue weighted by molar-refractivity contribution is 0.0871. The van der Waals surface area contributed by atoms with E-state index in [1.54, 1.807) is 13.0 Å². The van der Waals surface area contributed by atoms with E-state index in [4.69, 9.17) is 11.6 Å². The molecule has 1 aliphatic rings. The lowest BCUT2D eigenvalue weighted by Gasteiger charge is -2.38. The van der Waals surface area contributed by atoms with E-state index in [-0.39, 0.29) is 11.4 Å². The van der Waals surface area contributed by atoms with E-state index in [0.29, 0.717) is 17.1 Å². The SMILES string of the molecule is Cc1cc(C(=O)NC2(CCl)CCC(C)CC2)c(C)nn1. The van der Waals surface area contributed by atoms with E-state index in [0.717, 1.165) is 37.3 Å². The van der Waals surface area contributed by atoms with E-state index < -0.39 is 0 Å². The molecule has 1 heterocycles. The summed E-state index contributed by atoms with van der Waals surface area (Å²) in [6.07, 6.45) is 4.11. The summed E-state index contributed by atoms with van der Waals surface area (Å²) in [6.45, 7) is 5.89. The first-order valence-corrected chi connectivity index (χ1v) is 7.68. The van der Waals surface area contributed by atoms with Gasteiger partial charge in [0.1, 0.15) is 0 Å². The summed E-state index contributed by atoms with van der Waals surface area (Å²) < 4.78 is 0. The molecule has 0 bridgehead atoms. The Hall–Kier alpha value is -1.16. The van der Waals surface area contributed by atoms with Crippen molar-refractivity contribution >= 4 is 17.5 Å². The molecule has 5 heteroatoms. The minimum atomic E-state index is -0.269. The van der Waals surface area contributed by atoms with Crippen molar-refractivity contribution in [1.82, 2.24) is 15.5 Å². The average molecular weight is 296 g/mol. The van der Waals surface area contributed by atoms with Crippen LogP contribution in [0.2, 0.25) is 0 Å². The highest BCUT2D eigenvalue weighted by Gasteiger charge is 2.35. The second kappa shape index (κ2) is 6.08. The summed E-state index contributed by atoms with van der Waals surface area (Å²) in [5, 5.41) is 11.1. The molecule has 1 aromatic rings. The molecule has 2 rings (SSSR count). The maximum Gasteiger partial charge on any atom is 0.253 e. The van der Waals surface area contributed by atoms with Crippen molar-refractivity contribution in [3.8, 4) is 0 Å². The van der Waals surface area contributed by atoms with Crippen LogP contribution in [0.25, 0.3) is 0 Å². The first-order chi connectivity index (χ1) is 9.46. The Kier molecular flexibility index (Phi) is 4.63. The van der Waals surface area contributed by atoms with Crippen molar-refractivity contribution < 1.29 is 4.79 Å². The van der Waals surface area contributed by atoms with Crippen molar-refractivity contribution in [2.45, 2.75) is 52.0 Å². The van der Waals surface area contributed by atoms with Gasteiger partial charge in [-0.25, -0.2) is 0 Å². The standard InChI is InChI=1S/C15H22ClN3O/c1-10-4-6-15(9-16,7-5-10)17-14(20)13-8-11(2)18-19-12(13)3/h8,10H,4-7,9H2,1-3H3,(H,17,20). The Morgan fingerprint density at radius 3 is 2.65 bits per heavy atom. The van der Waals surface area contributed by atoms with Gasteiger partial charge in [0.05, 0.1) is 22.5 Å². The van der Waals surface area contributed by atoms with Gasteiger partial charge in [-0.3, -0.25) is 4.79 Å². The minimum absolute atomic E-state index is 0.0873. The van der Waals surface area contributed by atoms with Gasteiger partial charge in [-0.2, -0.15) is 10.2 Å². The number of nitrogens with one attached hydrogen (secondary N) is 1. The fourth-order valence-electron chi connectivity index (χ4n) is 2.69. The number of carbonyl (C=O) groups excluding carboxylic acids is 1. The highest BCUT2D eigenvalue weighted by molar-refractivity contribution is 6.19. The van der Waals surface area contributed by atoms with Gasteiger partial charge in [0.2, 0.25) is 0 Å². The molecule has 0 atom stereocenters.